The van der Waals surface area contributed by atoms with Gasteiger partial charge in [0, 0.05) is 25.4 Å². The molecule has 0 saturated carbocycles. The van der Waals surface area contributed by atoms with Crippen molar-refractivity contribution in [3.63, 3.8) is 0 Å². The van der Waals surface area contributed by atoms with Crippen molar-refractivity contribution in [2.75, 3.05) is 33.6 Å². The van der Waals surface area contributed by atoms with E-state index >= 15 is 0 Å². The first-order chi connectivity index (χ1) is 13.6. The Morgan fingerprint density at radius 1 is 1.14 bits per heavy atom. The molecule has 1 aromatic heterocycles. The van der Waals surface area contributed by atoms with Gasteiger partial charge in [0.05, 0.1) is 24.8 Å². The van der Waals surface area contributed by atoms with Crippen molar-refractivity contribution in [1.82, 2.24) is 9.88 Å². The highest BCUT2D eigenvalue weighted by atomic mass is 32.2. The van der Waals surface area contributed by atoms with Crippen molar-refractivity contribution in [3.8, 4) is 11.5 Å². The first kappa shape index (κ1) is 20.5. The third-order valence-electron chi connectivity index (χ3n) is 5.35. The zero-order chi connectivity index (χ0) is 19.9. The maximum atomic E-state index is 12.7. The molecule has 1 aromatic carbocycles. The van der Waals surface area contributed by atoms with E-state index in [9.17, 15) is 4.79 Å². The van der Waals surface area contributed by atoms with Crippen LogP contribution in [0.4, 0.5) is 0 Å². The van der Waals surface area contributed by atoms with Gasteiger partial charge < -0.3 is 14.4 Å². The number of methoxy groups -OCH3 is 2. The summed E-state index contributed by atoms with van der Waals surface area (Å²) < 4.78 is 10.7. The lowest BCUT2D eigenvalue weighted by Crippen LogP contribution is -2.38. The van der Waals surface area contributed by atoms with E-state index in [-0.39, 0.29) is 5.91 Å². The summed E-state index contributed by atoms with van der Waals surface area (Å²) in [4.78, 5) is 19.0. The van der Waals surface area contributed by atoms with E-state index in [4.69, 9.17) is 9.47 Å². The SMILES string of the molecule is COc1cc(CCC2CCN(C(=O)c3ccc(SC)nc3)CC2)cc(OC)c1. The number of hydrogen-bond donors (Lipinski definition) is 0. The lowest BCUT2D eigenvalue weighted by atomic mass is 9.90. The summed E-state index contributed by atoms with van der Waals surface area (Å²) in [6.07, 6.45) is 7.87. The Hall–Kier alpha value is -2.21. The summed E-state index contributed by atoms with van der Waals surface area (Å²) in [7, 11) is 3.35. The van der Waals surface area contributed by atoms with E-state index < -0.39 is 0 Å². The number of piperidine rings is 1. The number of carbonyl (C=O) groups is 1. The summed E-state index contributed by atoms with van der Waals surface area (Å²) in [5.74, 6) is 2.39. The standard InChI is InChI=1S/C22H28N2O3S/c1-26-19-12-17(13-20(14-19)27-2)5-4-16-8-10-24(11-9-16)22(25)18-6-7-21(28-3)23-15-18/h6-7,12-16H,4-5,8-11H2,1-3H3. The maximum absolute atomic E-state index is 12.7. The van der Waals surface area contributed by atoms with Gasteiger partial charge in [-0.05, 0) is 67.7 Å². The second-order valence-corrected chi connectivity index (χ2v) is 7.91. The Morgan fingerprint density at radius 3 is 2.36 bits per heavy atom. The number of benzene rings is 1. The van der Waals surface area contributed by atoms with Crippen LogP contribution in [0, 0.1) is 5.92 Å². The highest BCUT2D eigenvalue weighted by Gasteiger charge is 2.23. The van der Waals surface area contributed by atoms with Gasteiger partial charge in [0.15, 0.2) is 0 Å². The van der Waals surface area contributed by atoms with Crippen LogP contribution in [0.15, 0.2) is 41.6 Å². The minimum atomic E-state index is 0.0936. The van der Waals surface area contributed by atoms with E-state index in [1.807, 2.05) is 29.4 Å². The van der Waals surface area contributed by atoms with Gasteiger partial charge in [-0.3, -0.25) is 4.79 Å². The van der Waals surface area contributed by atoms with Crippen molar-refractivity contribution in [2.45, 2.75) is 30.7 Å². The van der Waals surface area contributed by atoms with Crippen molar-refractivity contribution in [2.24, 2.45) is 5.92 Å². The van der Waals surface area contributed by atoms with E-state index in [0.717, 1.165) is 55.3 Å². The molecular weight excluding hydrogens is 372 g/mol. The Labute approximate surface area is 171 Å². The molecule has 2 aromatic rings. The molecule has 1 fully saturated rings. The molecule has 0 radical (unpaired) electrons. The molecule has 0 spiro atoms. The van der Waals surface area contributed by atoms with Crippen LogP contribution in [0.25, 0.3) is 0 Å². The Bertz CT molecular complexity index is 765. The second-order valence-electron chi connectivity index (χ2n) is 7.08. The molecule has 28 heavy (non-hydrogen) atoms. The lowest BCUT2D eigenvalue weighted by Gasteiger charge is -2.32. The van der Waals surface area contributed by atoms with Crippen LogP contribution in [-0.4, -0.2) is 49.4 Å². The first-order valence-electron chi connectivity index (χ1n) is 9.64. The Morgan fingerprint density at radius 2 is 1.82 bits per heavy atom. The monoisotopic (exact) mass is 400 g/mol. The quantitative estimate of drug-likeness (QED) is 0.649. The number of amides is 1. The molecule has 0 unspecified atom stereocenters. The highest BCUT2D eigenvalue weighted by molar-refractivity contribution is 7.98. The van der Waals surface area contributed by atoms with Crippen LogP contribution in [0.2, 0.25) is 0 Å². The highest BCUT2D eigenvalue weighted by Crippen LogP contribution is 2.27. The van der Waals surface area contributed by atoms with E-state index in [0.29, 0.717) is 11.5 Å². The fourth-order valence-corrected chi connectivity index (χ4v) is 3.98. The summed E-state index contributed by atoms with van der Waals surface area (Å²) in [6, 6.07) is 9.84. The molecule has 1 amide bonds. The molecular formula is C22H28N2O3S. The third-order valence-corrected chi connectivity index (χ3v) is 6.01. The Kier molecular flexibility index (Phi) is 7.20. The van der Waals surface area contributed by atoms with E-state index in [2.05, 4.69) is 17.1 Å². The Balaban J connectivity index is 1.50. The third kappa shape index (κ3) is 5.19. The van der Waals surface area contributed by atoms with E-state index in [1.54, 1.807) is 32.2 Å². The summed E-state index contributed by atoms with van der Waals surface area (Å²) in [6.45, 7) is 1.63. The summed E-state index contributed by atoms with van der Waals surface area (Å²) >= 11 is 1.58. The van der Waals surface area contributed by atoms with Gasteiger partial charge in [-0.1, -0.05) is 0 Å². The van der Waals surface area contributed by atoms with Crippen LogP contribution in [0.3, 0.4) is 0 Å². The summed E-state index contributed by atoms with van der Waals surface area (Å²) in [5.41, 5.74) is 1.91. The number of hydrogen-bond acceptors (Lipinski definition) is 5. The predicted molar refractivity (Wildman–Crippen MR) is 113 cm³/mol. The molecule has 0 bridgehead atoms. The molecule has 6 heteroatoms. The molecule has 0 N–H and O–H groups in total. The number of ether oxygens (including phenoxy) is 2. The van der Waals surface area contributed by atoms with Gasteiger partial charge >= 0.3 is 0 Å². The average molecular weight is 401 g/mol. The zero-order valence-corrected chi connectivity index (χ0v) is 17.6. The number of thioether (sulfide) groups is 1. The number of aromatic nitrogens is 1. The fourth-order valence-electron chi connectivity index (χ4n) is 3.62. The second kappa shape index (κ2) is 9.82. The maximum Gasteiger partial charge on any atom is 0.255 e. The van der Waals surface area contributed by atoms with Gasteiger partial charge in [-0.25, -0.2) is 4.98 Å². The fraction of sp³-hybridized carbons (Fsp3) is 0.455. The predicted octanol–water partition coefficient (Wildman–Crippen LogP) is 4.31. The smallest absolute Gasteiger partial charge is 0.255 e. The lowest BCUT2D eigenvalue weighted by molar-refractivity contribution is 0.0686. The number of aryl methyl sites for hydroxylation is 1. The van der Waals surface area contributed by atoms with Gasteiger partial charge in [0.25, 0.3) is 5.91 Å². The minimum absolute atomic E-state index is 0.0936. The topological polar surface area (TPSA) is 51.7 Å². The van der Waals surface area contributed by atoms with Crippen molar-refractivity contribution in [3.05, 3.63) is 47.7 Å². The van der Waals surface area contributed by atoms with Gasteiger partial charge in [-0.15, -0.1) is 11.8 Å². The summed E-state index contributed by atoms with van der Waals surface area (Å²) in [5, 5.41) is 0.935. The molecule has 1 saturated heterocycles. The van der Waals surface area contributed by atoms with Crippen molar-refractivity contribution < 1.29 is 14.3 Å². The van der Waals surface area contributed by atoms with E-state index in [1.165, 1.54) is 5.56 Å². The first-order valence-corrected chi connectivity index (χ1v) is 10.9. The van der Waals surface area contributed by atoms with Crippen molar-refractivity contribution >= 4 is 17.7 Å². The zero-order valence-electron chi connectivity index (χ0n) is 16.8. The van der Waals surface area contributed by atoms with Crippen LogP contribution >= 0.6 is 11.8 Å². The number of rotatable bonds is 7. The largest absolute Gasteiger partial charge is 0.497 e. The van der Waals surface area contributed by atoms with Crippen LogP contribution in [0.1, 0.15) is 35.2 Å². The molecule has 150 valence electrons. The number of likely N-dealkylation sites (tertiary alicyclic amines) is 1. The number of pyridine rings is 1. The van der Waals surface area contributed by atoms with Gasteiger partial charge in [0.1, 0.15) is 11.5 Å². The molecule has 1 aliphatic heterocycles. The van der Waals surface area contributed by atoms with Gasteiger partial charge in [0.2, 0.25) is 0 Å². The van der Waals surface area contributed by atoms with Crippen LogP contribution in [-0.2, 0) is 6.42 Å². The minimum Gasteiger partial charge on any atom is -0.497 e. The number of carbonyl (C=O) groups excluding carboxylic acids is 1. The van der Waals surface area contributed by atoms with Crippen molar-refractivity contribution in [1.29, 1.82) is 0 Å². The molecule has 5 nitrogen and oxygen atoms in total. The average Bonchev–Trinajstić information content (AvgIpc) is 2.77. The molecule has 0 aliphatic carbocycles. The number of nitrogens with zero attached hydrogens (tertiary/aromatic N) is 2. The molecule has 3 rings (SSSR count). The van der Waals surface area contributed by atoms with Gasteiger partial charge in [-0.2, -0.15) is 0 Å². The van der Waals surface area contributed by atoms with Crippen LogP contribution < -0.4 is 9.47 Å². The molecule has 1 aliphatic rings. The van der Waals surface area contributed by atoms with Crippen LogP contribution in [0.5, 0.6) is 11.5 Å². The molecule has 2 heterocycles. The molecule has 0 atom stereocenters. The normalized spacial score (nSPS) is 14.8.